The number of nitrogens with zero attached hydrogens (tertiary/aromatic N) is 2. The lowest BCUT2D eigenvalue weighted by atomic mass is 9.96. The van der Waals surface area contributed by atoms with Gasteiger partial charge in [-0.15, -0.1) is 0 Å². The molecule has 3 N–H and O–H groups in total. The van der Waals surface area contributed by atoms with Crippen LogP contribution in [0.4, 0.5) is 13.2 Å². The van der Waals surface area contributed by atoms with E-state index in [1.54, 1.807) is 48.5 Å². The van der Waals surface area contributed by atoms with Crippen LogP contribution in [0.3, 0.4) is 0 Å². The molecule has 4 aromatic carbocycles. The molecule has 7 nitrogen and oxygen atoms in total. The monoisotopic (exact) mass is 572 g/mol. The molecule has 5 rings (SSSR count). The third-order valence-electron chi connectivity index (χ3n) is 6.28. The molecule has 1 aromatic heterocycles. The van der Waals surface area contributed by atoms with Crippen LogP contribution in [0.15, 0.2) is 94.9 Å². The number of hydrogen-bond acceptors (Lipinski definition) is 5. The zero-order valence-electron chi connectivity index (χ0n) is 21.0. The second-order valence-electron chi connectivity index (χ2n) is 8.94. The van der Waals surface area contributed by atoms with Gasteiger partial charge in [0.05, 0.1) is 33.8 Å². The number of carbonyl (C=O) groups is 2. The second kappa shape index (κ2) is 11.2. The summed E-state index contributed by atoms with van der Waals surface area (Å²) in [5, 5.41) is 29.7. The van der Waals surface area contributed by atoms with E-state index in [0.29, 0.717) is 43.1 Å². The number of H-pyrrole nitrogens is 1. The van der Waals surface area contributed by atoms with Crippen molar-refractivity contribution in [2.24, 2.45) is 0 Å². The molecule has 204 valence electrons. The Morgan fingerprint density at radius 1 is 1.00 bits per heavy atom. The first-order chi connectivity index (χ1) is 19.6. The van der Waals surface area contributed by atoms with Gasteiger partial charge < -0.3 is 10.4 Å². The minimum absolute atomic E-state index is 0.110. The maximum Gasteiger partial charge on any atom is 0.416 e. The number of hydrogen-bond donors (Lipinski definition) is 3. The number of fused-ring (bicyclic) bond motifs is 1. The summed E-state index contributed by atoms with van der Waals surface area (Å²) in [5.74, 6) is -1.51. The lowest BCUT2D eigenvalue weighted by Gasteiger charge is -2.11. The molecule has 0 spiro atoms. The Morgan fingerprint density at radius 2 is 1.71 bits per heavy atom. The maximum atomic E-state index is 13.6. The lowest BCUT2D eigenvalue weighted by molar-refractivity contribution is -0.137. The van der Waals surface area contributed by atoms with Gasteiger partial charge in [-0.25, -0.2) is 4.79 Å². The van der Waals surface area contributed by atoms with E-state index >= 15 is 0 Å². The Morgan fingerprint density at radius 3 is 2.37 bits per heavy atom. The van der Waals surface area contributed by atoms with Crippen molar-refractivity contribution in [3.63, 3.8) is 0 Å². The summed E-state index contributed by atoms with van der Waals surface area (Å²) >= 11 is 1.11. The van der Waals surface area contributed by atoms with Gasteiger partial charge in [0.15, 0.2) is 0 Å². The third kappa shape index (κ3) is 5.92. The van der Waals surface area contributed by atoms with Crippen molar-refractivity contribution in [1.29, 1.82) is 5.26 Å². The van der Waals surface area contributed by atoms with Crippen LogP contribution in [-0.4, -0.2) is 27.2 Å². The fraction of sp³-hybridized carbons (Fsp3) is 0.0667. The van der Waals surface area contributed by atoms with E-state index in [2.05, 4.69) is 21.6 Å². The van der Waals surface area contributed by atoms with Crippen LogP contribution >= 0.6 is 11.8 Å². The average molecular weight is 573 g/mol. The first-order valence-corrected chi connectivity index (χ1v) is 12.9. The number of aromatic nitrogens is 2. The summed E-state index contributed by atoms with van der Waals surface area (Å²) in [4.78, 5) is 25.2. The van der Waals surface area contributed by atoms with Crippen LogP contribution in [0.25, 0.3) is 22.0 Å². The number of amides is 1. The topological polar surface area (TPSA) is 119 Å². The zero-order valence-corrected chi connectivity index (χ0v) is 21.8. The number of carboxylic acid groups (broad SMARTS) is 1. The Hall–Kier alpha value is -5.08. The number of benzene rings is 4. The van der Waals surface area contributed by atoms with Gasteiger partial charge in [0, 0.05) is 16.8 Å². The number of aromatic carboxylic acids is 1. The van der Waals surface area contributed by atoms with Crippen molar-refractivity contribution in [1.82, 2.24) is 15.5 Å². The summed E-state index contributed by atoms with van der Waals surface area (Å²) in [7, 11) is 0. The molecule has 0 saturated heterocycles. The Balaban J connectivity index is 1.53. The SMILES string of the molecule is N#Cc1ccccc1-c1cc(C(=O)NCc2ccc(C(=O)O)cc2)c2c(Sc3ccc(C(F)(F)F)cc3)n[nH]c2c1. The zero-order chi connectivity index (χ0) is 29.1. The van der Waals surface area contributed by atoms with Gasteiger partial charge in [-0.2, -0.15) is 23.5 Å². The van der Waals surface area contributed by atoms with Gasteiger partial charge in [-0.05, 0) is 71.3 Å². The molecule has 0 aliphatic heterocycles. The quantitative estimate of drug-likeness (QED) is 0.195. The fourth-order valence-corrected chi connectivity index (χ4v) is 5.14. The predicted octanol–water partition coefficient (Wildman–Crippen LogP) is 6.90. The molecule has 1 amide bonds. The van der Waals surface area contributed by atoms with Crippen molar-refractivity contribution in [3.05, 3.63) is 113 Å². The Kier molecular flexibility index (Phi) is 7.50. The molecule has 0 fully saturated rings. The van der Waals surface area contributed by atoms with Gasteiger partial charge in [0.25, 0.3) is 5.91 Å². The van der Waals surface area contributed by atoms with Crippen molar-refractivity contribution in [2.45, 2.75) is 22.6 Å². The van der Waals surface area contributed by atoms with Crippen LogP contribution in [0.5, 0.6) is 0 Å². The van der Waals surface area contributed by atoms with E-state index in [0.717, 1.165) is 23.9 Å². The van der Waals surface area contributed by atoms with Crippen LogP contribution in [-0.2, 0) is 12.7 Å². The summed E-state index contributed by atoms with van der Waals surface area (Å²) in [6.45, 7) is 0.110. The molecule has 11 heteroatoms. The third-order valence-corrected chi connectivity index (χ3v) is 7.28. The first kappa shape index (κ1) is 27.5. The predicted molar refractivity (Wildman–Crippen MR) is 146 cm³/mol. The summed E-state index contributed by atoms with van der Waals surface area (Å²) in [5.41, 5.74) is 2.39. The van der Waals surface area contributed by atoms with Crippen molar-refractivity contribution < 1.29 is 27.9 Å². The van der Waals surface area contributed by atoms with Crippen LogP contribution < -0.4 is 5.32 Å². The number of carboxylic acids is 1. The maximum absolute atomic E-state index is 13.6. The van der Waals surface area contributed by atoms with E-state index < -0.39 is 23.6 Å². The highest BCUT2D eigenvalue weighted by Gasteiger charge is 2.30. The molecule has 0 saturated carbocycles. The Labute approximate surface area is 235 Å². The largest absolute Gasteiger partial charge is 0.478 e. The highest BCUT2D eigenvalue weighted by molar-refractivity contribution is 7.99. The number of nitriles is 1. The lowest BCUT2D eigenvalue weighted by Crippen LogP contribution is -2.23. The summed E-state index contributed by atoms with van der Waals surface area (Å²) in [6.07, 6.45) is -4.46. The molecule has 41 heavy (non-hydrogen) atoms. The second-order valence-corrected chi connectivity index (χ2v) is 10.0. The molecule has 5 aromatic rings. The number of rotatable bonds is 7. The van der Waals surface area contributed by atoms with E-state index in [4.69, 9.17) is 5.11 Å². The van der Waals surface area contributed by atoms with E-state index in [1.807, 2.05) is 0 Å². The van der Waals surface area contributed by atoms with Gasteiger partial charge in [0.2, 0.25) is 0 Å². The van der Waals surface area contributed by atoms with E-state index in [-0.39, 0.29) is 17.7 Å². The number of aromatic amines is 1. The molecular formula is C30H19F3N4O3S. The molecule has 0 radical (unpaired) electrons. The number of carbonyl (C=O) groups excluding carboxylic acids is 1. The highest BCUT2D eigenvalue weighted by Crippen LogP contribution is 2.38. The molecule has 1 heterocycles. The van der Waals surface area contributed by atoms with E-state index in [1.165, 1.54) is 24.3 Å². The minimum atomic E-state index is -4.46. The minimum Gasteiger partial charge on any atom is -0.478 e. The molecule has 0 aliphatic rings. The molecule has 0 atom stereocenters. The van der Waals surface area contributed by atoms with Gasteiger partial charge >= 0.3 is 12.1 Å². The van der Waals surface area contributed by atoms with Gasteiger partial charge in [-0.3, -0.25) is 9.89 Å². The van der Waals surface area contributed by atoms with Crippen LogP contribution in [0, 0.1) is 11.3 Å². The summed E-state index contributed by atoms with van der Waals surface area (Å²) in [6, 6.07) is 23.2. The van der Waals surface area contributed by atoms with Gasteiger partial charge in [-0.1, -0.05) is 42.1 Å². The van der Waals surface area contributed by atoms with Crippen molar-refractivity contribution in [3.8, 4) is 17.2 Å². The Bertz CT molecular complexity index is 1810. The van der Waals surface area contributed by atoms with Crippen molar-refractivity contribution >= 4 is 34.5 Å². The molecule has 0 bridgehead atoms. The number of alkyl halides is 3. The molecule has 0 unspecified atom stereocenters. The molecular weight excluding hydrogens is 553 g/mol. The number of halogens is 3. The van der Waals surface area contributed by atoms with Crippen LogP contribution in [0.2, 0.25) is 0 Å². The van der Waals surface area contributed by atoms with Crippen LogP contribution in [0.1, 0.15) is 37.4 Å². The standard InChI is InChI=1S/C30H19F3N4O3S/c31-30(32,33)21-9-11-22(12-10-21)41-28-26-24(27(38)35-16-17-5-7-18(8-6-17)29(39)40)13-20(14-25(26)36-37-28)23-4-2-1-3-19(23)15-34/h1-14H,16H2,(H,35,38)(H,36,37)(H,39,40). The first-order valence-electron chi connectivity index (χ1n) is 12.1. The van der Waals surface area contributed by atoms with Gasteiger partial charge in [0.1, 0.15) is 5.03 Å². The van der Waals surface area contributed by atoms with E-state index in [9.17, 15) is 28.0 Å². The molecule has 0 aliphatic carbocycles. The number of nitrogens with one attached hydrogen (secondary N) is 2. The average Bonchev–Trinajstić information content (AvgIpc) is 3.37. The van der Waals surface area contributed by atoms with Crippen molar-refractivity contribution in [2.75, 3.05) is 0 Å². The smallest absolute Gasteiger partial charge is 0.416 e. The normalized spacial score (nSPS) is 11.3. The fourth-order valence-electron chi connectivity index (χ4n) is 4.23. The summed E-state index contributed by atoms with van der Waals surface area (Å²) < 4.78 is 39.0. The highest BCUT2D eigenvalue weighted by atomic mass is 32.2.